The van der Waals surface area contributed by atoms with Crippen LogP contribution in [0.1, 0.15) is 156 Å². The van der Waals surface area contributed by atoms with Gasteiger partial charge in [0.05, 0.1) is 24.6 Å². The molecule has 31 heavy (non-hydrogen) atoms. The van der Waals surface area contributed by atoms with Crippen LogP contribution >= 0.6 is 17.2 Å². The predicted octanol–water partition coefficient (Wildman–Crippen LogP) is 7.95. The lowest BCUT2D eigenvalue weighted by Crippen LogP contribution is -3.00. The maximum atomic E-state index is 2.39. The van der Waals surface area contributed by atoms with Gasteiger partial charge in [-0.05, 0) is 32.1 Å². The molecular formula is C28H63BrP2. The summed E-state index contributed by atoms with van der Waals surface area (Å²) < 4.78 is 0. The molecule has 3 heteroatoms. The third-order valence-corrected chi connectivity index (χ3v) is 12.0. The van der Waals surface area contributed by atoms with Crippen LogP contribution in [0.3, 0.4) is 0 Å². The average Bonchev–Trinajstić information content (AvgIpc) is 2.74. The van der Waals surface area contributed by atoms with Gasteiger partial charge in [0.15, 0.2) is 0 Å². The first-order valence-corrected chi connectivity index (χ1v) is 16.6. The topological polar surface area (TPSA) is 0 Å². The smallest absolute Gasteiger partial charge is 0.0594 e. The van der Waals surface area contributed by atoms with Crippen LogP contribution in [-0.4, -0.2) is 24.6 Å². The normalized spacial score (nSPS) is 11.2. The first kappa shape index (κ1) is 36.9. The summed E-state index contributed by atoms with van der Waals surface area (Å²) in [4.78, 5) is 0. The van der Waals surface area contributed by atoms with Crippen molar-refractivity contribution in [2.45, 2.75) is 156 Å². The van der Waals surface area contributed by atoms with Gasteiger partial charge in [-0.3, -0.25) is 0 Å². The Morgan fingerprint density at radius 1 is 0.323 bits per heavy atom. The van der Waals surface area contributed by atoms with Crippen molar-refractivity contribution in [2.24, 2.45) is 0 Å². The molecule has 0 aliphatic carbocycles. The van der Waals surface area contributed by atoms with E-state index in [2.05, 4.69) is 27.7 Å². The minimum absolute atomic E-state index is 0. The van der Waals surface area contributed by atoms with E-state index in [0.717, 1.165) is 0 Å². The highest BCUT2D eigenvalue weighted by Crippen LogP contribution is 2.61. The van der Waals surface area contributed by atoms with Crippen molar-refractivity contribution in [1.29, 1.82) is 0 Å². The van der Waals surface area contributed by atoms with Crippen molar-refractivity contribution in [3.05, 3.63) is 0 Å². The first-order valence-electron chi connectivity index (χ1n) is 14.1. The van der Waals surface area contributed by atoms with Gasteiger partial charge in [0.1, 0.15) is 0 Å². The van der Waals surface area contributed by atoms with Crippen LogP contribution in [-0.2, 0) is 0 Å². The van der Waals surface area contributed by atoms with Crippen LogP contribution in [0.4, 0.5) is 0 Å². The molecule has 1 unspecified atom stereocenters. The van der Waals surface area contributed by atoms with E-state index < -0.39 is 7.26 Å². The Bertz CT molecular complexity index is 288. The van der Waals surface area contributed by atoms with Crippen LogP contribution in [0.25, 0.3) is 0 Å². The van der Waals surface area contributed by atoms with Crippen molar-refractivity contribution in [2.75, 3.05) is 24.6 Å². The van der Waals surface area contributed by atoms with Crippen LogP contribution < -0.4 is 17.0 Å². The van der Waals surface area contributed by atoms with Gasteiger partial charge in [0, 0.05) is 7.26 Å². The molecule has 0 saturated heterocycles. The third-order valence-electron chi connectivity index (χ3n) is 6.94. The second-order valence-electron chi connectivity index (χ2n) is 9.89. The lowest BCUT2D eigenvalue weighted by atomic mass is 10.0. The summed E-state index contributed by atoms with van der Waals surface area (Å²) in [5.74, 6) is 0. The summed E-state index contributed by atoms with van der Waals surface area (Å²) >= 11 is 0. The molecule has 192 valence electrons. The van der Waals surface area contributed by atoms with Crippen molar-refractivity contribution in [3.8, 4) is 0 Å². The fraction of sp³-hybridized carbons (Fsp3) is 1.00. The highest BCUT2D eigenvalue weighted by molar-refractivity contribution is 7.75. The molecule has 0 aliphatic heterocycles. The molecular weight excluding hydrogens is 478 g/mol. The SMILES string of the molecule is CCCCCCCCCCCCCCCC[P+](CCCC)(CCCC)CCCC.P.[Br-]. The minimum Gasteiger partial charge on any atom is -1.00 e. The van der Waals surface area contributed by atoms with Gasteiger partial charge in [0.25, 0.3) is 0 Å². The van der Waals surface area contributed by atoms with Crippen molar-refractivity contribution >= 4 is 17.2 Å². The molecule has 0 bridgehead atoms. The molecule has 0 spiro atoms. The number of rotatable bonds is 24. The van der Waals surface area contributed by atoms with Gasteiger partial charge >= 0.3 is 0 Å². The molecule has 0 radical (unpaired) electrons. The number of halogens is 1. The van der Waals surface area contributed by atoms with E-state index in [4.69, 9.17) is 0 Å². The first-order chi connectivity index (χ1) is 14.2. The summed E-state index contributed by atoms with van der Waals surface area (Å²) in [5, 5.41) is 0. The van der Waals surface area contributed by atoms with E-state index in [-0.39, 0.29) is 26.9 Å². The number of hydrogen-bond acceptors (Lipinski definition) is 0. The zero-order valence-electron chi connectivity index (χ0n) is 22.5. The van der Waals surface area contributed by atoms with Gasteiger partial charge in [0.2, 0.25) is 0 Å². The second kappa shape index (κ2) is 29.4. The molecule has 0 aromatic rings. The molecule has 0 amide bonds. The van der Waals surface area contributed by atoms with Crippen molar-refractivity contribution < 1.29 is 17.0 Å². The number of unbranched alkanes of at least 4 members (excludes halogenated alkanes) is 16. The van der Waals surface area contributed by atoms with Gasteiger partial charge in [-0.25, -0.2) is 0 Å². The Morgan fingerprint density at radius 3 is 0.839 bits per heavy atom. The zero-order valence-corrected chi connectivity index (χ0v) is 26.4. The van der Waals surface area contributed by atoms with E-state index in [1.165, 1.54) is 122 Å². The van der Waals surface area contributed by atoms with E-state index in [9.17, 15) is 0 Å². The van der Waals surface area contributed by atoms with E-state index in [0.29, 0.717) is 0 Å². The Hall–Kier alpha value is 1.34. The van der Waals surface area contributed by atoms with E-state index >= 15 is 0 Å². The van der Waals surface area contributed by atoms with Gasteiger partial charge in [-0.2, -0.15) is 9.90 Å². The largest absolute Gasteiger partial charge is 1.00 e. The standard InChI is InChI=1S/C28H60P.BrH.H3P/c1-5-9-13-14-15-16-17-18-19-20-21-22-23-24-28-29(25-10-6-2,26-11-7-3)27-12-8-4;;/h5-28H2,1-4H3;1H;1H3/q+1;;/p-1. The maximum absolute atomic E-state index is 2.39. The van der Waals surface area contributed by atoms with Crippen LogP contribution in [0.2, 0.25) is 0 Å². The highest BCUT2D eigenvalue weighted by atomic mass is 79.9. The third kappa shape index (κ3) is 24.3. The summed E-state index contributed by atoms with van der Waals surface area (Å²) in [6.45, 7) is 9.48. The molecule has 0 fully saturated rings. The predicted molar refractivity (Wildman–Crippen MR) is 153 cm³/mol. The lowest BCUT2D eigenvalue weighted by molar-refractivity contribution is -0.00000681. The van der Waals surface area contributed by atoms with Gasteiger partial charge in [-0.15, -0.1) is 0 Å². The molecule has 0 aromatic heterocycles. The summed E-state index contributed by atoms with van der Waals surface area (Å²) in [5.41, 5.74) is 0. The fourth-order valence-electron chi connectivity index (χ4n) is 4.79. The molecule has 0 saturated carbocycles. The van der Waals surface area contributed by atoms with E-state index in [1.54, 1.807) is 31.1 Å². The van der Waals surface area contributed by atoms with Crippen LogP contribution in [0.15, 0.2) is 0 Å². The number of hydrogen-bond donors (Lipinski definition) is 0. The maximum Gasteiger partial charge on any atom is 0.0594 e. The molecule has 1 atom stereocenters. The van der Waals surface area contributed by atoms with E-state index in [1.807, 2.05) is 0 Å². The minimum atomic E-state index is -0.630. The van der Waals surface area contributed by atoms with Gasteiger partial charge in [-0.1, -0.05) is 124 Å². The summed E-state index contributed by atoms with van der Waals surface area (Å²) in [7, 11) is -0.630. The summed E-state index contributed by atoms with van der Waals surface area (Å²) in [6, 6.07) is 0. The lowest BCUT2D eigenvalue weighted by Gasteiger charge is -2.28. The average molecular weight is 542 g/mol. The molecule has 0 rings (SSSR count). The monoisotopic (exact) mass is 540 g/mol. The fourth-order valence-corrected chi connectivity index (χ4v) is 9.99. The Morgan fingerprint density at radius 2 is 0.548 bits per heavy atom. The molecule has 0 nitrogen and oxygen atoms in total. The molecule has 0 heterocycles. The van der Waals surface area contributed by atoms with Crippen LogP contribution in [0, 0.1) is 0 Å². The zero-order chi connectivity index (χ0) is 21.5. The molecule has 0 aromatic carbocycles. The molecule has 0 aliphatic rings. The quantitative estimate of drug-likeness (QED) is 0.0859. The Balaban J connectivity index is -0.00000392. The second-order valence-corrected chi connectivity index (χ2v) is 14.4. The molecule has 0 N–H and O–H groups in total. The highest BCUT2D eigenvalue weighted by Gasteiger charge is 2.34. The summed E-state index contributed by atoms with van der Waals surface area (Å²) in [6.07, 6.45) is 36.0. The Kier molecular flexibility index (Phi) is 35.0. The Labute approximate surface area is 214 Å². The van der Waals surface area contributed by atoms with Gasteiger partial charge < -0.3 is 17.0 Å². The van der Waals surface area contributed by atoms with Crippen LogP contribution in [0.5, 0.6) is 0 Å². The van der Waals surface area contributed by atoms with Crippen molar-refractivity contribution in [1.82, 2.24) is 0 Å². The van der Waals surface area contributed by atoms with Crippen molar-refractivity contribution in [3.63, 3.8) is 0 Å².